The van der Waals surface area contributed by atoms with E-state index in [2.05, 4.69) is 24.1 Å². The average Bonchev–Trinajstić information content (AvgIpc) is 2.34. The van der Waals surface area contributed by atoms with Crippen LogP contribution in [0.3, 0.4) is 0 Å². The number of unbranched alkanes of at least 4 members (excludes halogenated alkanes) is 1. The summed E-state index contributed by atoms with van der Waals surface area (Å²) in [7, 11) is 0. The molecule has 0 atom stereocenters. The molecule has 1 aromatic heterocycles. The summed E-state index contributed by atoms with van der Waals surface area (Å²) in [5.41, 5.74) is -0.599. The molecule has 0 amide bonds. The summed E-state index contributed by atoms with van der Waals surface area (Å²) in [5, 5.41) is 13.9. The van der Waals surface area contributed by atoms with Crippen LogP contribution >= 0.6 is 0 Å². The normalized spacial score (nSPS) is 10.9. The highest BCUT2D eigenvalue weighted by molar-refractivity contribution is 5.20. The van der Waals surface area contributed by atoms with Crippen molar-refractivity contribution in [2.24, 2.45) is 5.92 Å². The highest BCUT2D eigenvalue weighted by atomic mass is 16.6. The summed E-state index contributed by atoms with van der Waals surface area (Å²) < 4.78 is 1.29. The van der Waals surface area contributed by atoms with Gasteiger partial charge in [0.15, 0.2) is 0 Å². The molecule has 1 heterocycles. The van der Waals surface area contributed by atoms with Gasteiger partial charge in [-0.2, -0.15) is 4.98 Å². The zero-order chi connectivity index (χ0) is 14.3. The maximum Gasteiger partial charge on any atom is 0.347 e. The minimum Gasteiger partial charge on any atom is -0.316 e. The molecule has 1 rings (SSSR count). The van der Waals surface area contributed by atoms with Gasteiger partial charge in [-0.25, -0.2) is 4.79 Å². The molecule has 0 saturated carbocycles. The van der Waals surface area contributed by atoms with Gasteiger partial charge in [0, 0.05) is 6.54 Å². The Morgan fingerprint density at radius 2 is 2.21 bits per heavy atom. The molecule has 0 bridgehead atoms. The van der Waals surface area contributed by atoms with Gasteiger partial charge in [-0.1, -0.05) is 13.8 Å². The molecule has 1 aromatic rings. The summed E-state index contributed by atoms with van der Waals surface area (Å²) >= 11 is 0. The second-order valence-corrected chi connectivity index (χ2v) is 4.85. The lowest BCUT2D eigenvalue weighted by Gasteiger charge is -2.07. The van der Waals surface area contributed by atoms with Crippen LogP contribution < -0.4 is 11.0 Å². The number of hydrogen-bond acceptors (Lipinski definition) is 5. The summed E-state index contributed by atoms with van der Waals surface area (Å²) in [5.74, 6) is 0.614. The van der Waals surface area contributed by atoms with E-state index in [1.807, 2.05) is 0 Å². The zero-order valence-electron chi connectivity index (χ0n) is 11.3. The van der Waals surface area contributed by atoms with E-state index in [-0.39, 0.29) is 5.69 Å². The van der Waals surface area contributed by atoms with Crippen LogP contribution in [-0.2, 0) is 6.54 Å². The maximum atomic E-state index is 11.4. The fraction of sp³-hybridized carbons (Fsp3) is 0.667. The Morgan fingerprint density at radius 1 is 1.47 bits per heavy atom. The Bertz CT molecular complexity index is 470. The first-order chi connectivity index (χ1) is 9.00. The first-order valence-corrected chi connectivity index (χ1v) is 6.42. The van der Waals surface area contributed by atoms with Crippen LogP contribution in [0, 0.1) is 16.0 Å². The summed E-state index contributed by atoms with van der Waals surface area (Å²) in [6, 6.07) is 0. The predicted octanol–water partition coefficient (Wildman–Crippen LogP) is 1.18. The van der Waals surface area contributed by atoms with E-state index in [4.69, 9.17) is 0 Å². The first-order valence-electron chi connectivity index (χ1n) is 6.42. The van der Waals surface area contributed by atoms with E-state index in [1.165, 1.54) is 10.8 Å². The Morgan fingerprint density at radius 3 is 2.84 bits per heavy atom. The summed E-state index contributed by atoms with van der Waals surface area (Å²) in [6.45, 7) is 6.59. The number of nitrogens with one attached hydrogen (secondary N) is 1. The average molecular weight is 268 g/mol. The summed E-state index contributed by atoms with van der Waals surface area (Å²) in [6.07, 6.45) is 3.94. The van der Waals surface area contributed by atoms with Crippen LogP contribution in [0.25, 0.3) is 0 Å². The molecule has 106 valence electrons. The molecule has 7 nitrogen and oxygen atoms in total. The number of hydrogen-bond donors (Lipinski definition) is 1. The van der Waals surface area contributed by atoms with E-state index in [0.717, 1.165) is 32.1 Å². The van der Waals surface area contributed by atoms with Gasteiger partial charge in [-0.3, -0.25) is 14.7 Å². The third-order valence-electron chi connectivity index (χ3n) is 2.61. The highest BCUT2D eigenvalue weighted by Gasteiger charge is 2.08. The lowest BCUT2D eigenvalue weighted by molar-refractivity contribution is -0.385. The Labute approximate surface area is 111 Å². The zero-order valence-corrected chi connectivity index (χ0v) is 11.3. The van der Waals surface area contributed by atoms with Crippen LogP contribution in [0.5, 0.6) is 0 Å². The van der Waals surface area contributed by atoms with Crippen LogP contribution in [-0.4, -0.2) is 27.6 Å². The van der Waals surface area contributed by atoms with Gasteiger partial charge in [0.1, 0.15) is 6.20 Å². The van der Waals surface area contributed by atoms with Gasteiger partial charge in [-0.05, 0) is 31.8 Å². The van der Waals surface area contributed by atoms with E-state index in [1.54, 1.807) is 0 Å². The van der Waals surface area contributed by atoms with Crippen molar-refractivity contribution < 1.29 is 4.92 Å². The van der Waals surface area contributed by atoms with Crippen LogP contribution in [0.1, 0.15) is 26.7 Å². The van der Waals surface area contributed by atoms with Gasteiger partial charge in [-0.15, -0.1) is 0 Å². The molecule has 0 spiro atoms. The van der Waals surface area contributed by atoms with Gasteiger partial charge in [0.05, 0.1) is 11.1 Å². The minimum atomic E-state index is -0.548. The van der Waals surface area contributed by atoms with Crippen molar-refractivity contribution >= 4 is 5.69 Å². The smallest absolute Gasteiger partial charge is 0.316 e. The second-order valence-electron chi connectivity index (χ2n) is 4.85. The molecule has 0 aliphatic carbocycles. The number of aromatic nitrogens is 2. The molecular formula is C12H20N4O3. The van der Waals surface area contributed by atoms with Crippen LogP contribution in [0.15, 0.2) is 17.2 Å². The van der Waals surface area contributed by atoms with Gasteiger partial charge < -0.3 is 5.32 Å². The number of rotatable bonds is 8. The van der Waals surface area contributed by atoms with E-state index in [0.29, 0.717) is 12.5 Å². The Hall–Kier alpha value is -1.76. The molecule has 0 unspecified atom stereocenters. The third-order valence-corrected chi connectivity index (χ3v) is 2.61. The van der Waals surface area contributed by atoms with Crippen molar-refractivity contribution in [3.05, 3.63) is 33.0 Å². The first kappa shape index (κ1) is 15.3. The minimum absolute atomic E-state index is 0.155. The predicted molar refractivity (Wildman–Crippen MR) is 72.1 cm³/mol. The molecule has 0 radical (unpaired) electrons. The number of nitro groups is 1. The molecular weight excluding hydrogens is 248 g/mol. The fourth-order valence-corrected chi connectivity index (χ4v) is 1.62. The van der Waals surface area contributed by atoms with E-state index < -0.39 is 10.6 Å². The van der Waals surface area contributed by atoms with Crippen molar-refractivity contribution in [1.29, 1.82) is 0 Å². The topological polar surface area (TPSA) is 90.1 Å². The van der Waals surface area contributed by atoms with Crippen molar-refractivity contribution in [3.8, 4) is 0 Å². The standard InChI is InChI=1S/C12H20N4O3/c1-10(2)7-13-5-3-4-6-15-9-11(16(18)19)8-14-12(15)17/h8-10,13H,3-7H2,1-2H3. The van der Waals surface area contributed by atoms with Crippen molar-refractivity contribution in [2.75, 3.05) is 13.1 Å². The molecule has 0 fully saturated rings. The van der Waals surface area contributed by atoms with Gasteiger partial charge in [0.2, 0.25) is 0 Å². The van der Waals surface area contributed by atoms with Crippen molar-refractivity contribution in [3.63, 3.8) is 0 Å². The lowest BCUT2D eigenvalue weighted by atomic mass is 10.2. The molecule has 19 heavy (non-hydrogen) atoms. The Kier molecular flexibility index (Phi) is 6.14. The molecule has 0 saturated heterocycles. The summed E-state index contributed by atoms with van der Waals surface area (Å²) in [4.78, 5) is 24.9. The number of aryl methyl sites for hydroxylation is 1. The lowest BCUT2D eigenvalue weighted by Crippen LogP contribution is -2.24. The monoisotopic (exact) mass is 268 g/mol. The molecule has 0 aromatic carbocycles. The van der Waals surface area contributed by atoms with Gasteiger partial charge >= 0.3 is 11.4 Å². The van der Waals surface area contributed by atoms with Crippen LogP contribution in [0.2, 0.25) is 0 Å². The molecule has 0 aliphatic heterocycles. The quantitative estimate of drug-likeness (QED) is 0.434. The molecule has 7 heteroatoms. The SMILES string of the molecule is CC(C)CNCCCCn1cc([N+](=O)[O-])cnc1=O. The highest BCUT2D eigenvalue weighted by Crippen LogP contribution is 2.05. The van der Waals surface area contributed by atoms with Crippen LogP contribution in [0.4, 0.5) is 5.69 Å². The van der Waals surface area contributed by atoms with E-state index >= 15 is 0 Å². The fourth-order valence-electron chi connectivity index (χ4n) is 1.62. The van der Waals surface area contributed by atoms with Crippen molar-refractivity contribution in [1.82, 2.24) is 14.9 Å². The largest absolute Gasteiger partial charge is 0.347 e. The van der Waals surface area contributed by atoms with E-state index in [9.17, 15) is 14.9 Å². The van der Waals surface area contributed by atoms with Gasteiger partial charge in [0.25, 0.3) is 0 Å². The molecule has 1 N–H and O–H groups in total. The second kappa shape index (κ2) is 7.63. The maximum absolute atomic E-state index is 11.4. The Balaban J connectivity index is 2.38. The number of nitrogens with zero attached hydrogens (tertiary/aromatic N) is 3. The molecule has 0 aliphatic rings. The third kappa shape index (κ3) is 5.60. The van der Waals surface area contributed by atoms with Crippen molar-refractivity contribution in [2.45, 2.75) is 33.2 Å².